The number of halogens is 1. The average Bonchev–Trinajstić information content (AvgIpc) is 2.04. The summed E-state index contributed by atoms with van der Waals surface area (Å²) in [4.78, 5) is 3.97. The summed E-state index contributed by atoms with van der Waals surface area (Å²) < 4.78 is 0. The van der Waals surface area contributed by atoms with E-state index in [4.69, 9.17) is 11.6 Å². The number of hydrogen-bond acceptors (Lipinski definition) is 1. The summed E-state index contributed by atoms with van der Waals surface area (Å²) in [6.07, 6.45) is 5.69. The molecule has 0 N–H and O–H groups in total. The summed E-state index contributed by atoms with van der Waals surface area (Å²) in [5.74, 6) is 0. The zero-order chi connectivity index (χ0) is 8.27. The van der Waals surface area contributed by atoms with Gasteiger partial charge < -0.3 is 0 Å². The second kappa shape index (κ2) is 3.54. The van der Waals surface area contributed by atoms with Gasteiger partial charge in [0.1, 0.15) is 5.15 Å². The van der Waals surface area contributed by atoms with Crippen molar-refractivity contribution in [3.8, 4) is 0 Å². The minimum absolute atomic E-state index is 0.572. The molecule has 2 heteroatoms. The fourth-order valence-electron chi connectivity index (χ4n) is 0.999. The molecule has 0 saturated carbocycles. The molecule has 0 aliphatic rings. The first-order valence-electron chi connectivity index (χ1n) is 3.52. The van der Waals surface area contributed by atoms with Crippen LogP contribution in [0.2, 0.25) is 5.15 Å². The molecule has 1 aromatic rings. The summed E-state index contributed by atoms with van der Waals surface area (Å²) in [5.41, 5.74) is 0. The highest BCUT2D eigenvalue weighted by atomic mass is 35.5. The van der Waals surface area contributed by atoms with Crippen LogP contribution in [0.3, 0.4) is 0 Å². The van der Waals surface area contributed by atoms with E-state index in [2.05, 4.69) is 4.98 Å². The van der Waals surface area contributed by atoms with E-state index in [0.29, 0.717) is 5.15 Å². The number of pyridine rings is 1. The fourth-order valence-corrected chi connectivity index (χ4v) is 1.27. The van der Waals surface area contributed by atoms with Gasteiger partial charge in [0.15, 0.2) is 0 Å². The van der Waals surface area contributed by atoms with E-state index < -0.39 is 0 Å². The van der Waals surface area contributed by atoms with Gasteiger partial charge in [-0.1, -0.05) is 23.8 Å². The lowest BCUT2D eigenvalue weighted by Gasteiger charge is -1.90. The molecule has 1 nitrogen and oxygen atoms in total. The Kier molecular flexibility index (Phi) is 2.66. The largest absolute Gasteiger partial charge is 0.244 e. The van der Waals surface area contributed by atoms with Gasteiger partial charge in [0.05, 0.1) is 0 Å². The summed E-state index contributed by atoms with van der Waals surface area (Å²) in [6.45, 7) is 3.94. The van der Waals surface area contributed by atoms with Gasteiger partial charge in [-0.3, -0.25) is 0 Å². The molecule has 0 amide bonds. The standard InChI is InChI=1S/C9H10ClN/c1-3-7-5-6-11-9(10)8(7)4-2/h3-6H,1-2H3/b7-3-,8-4+. The Balaban J connectivity index is 3.65. The van der Waals surface area contributed by atoms with Crippen LogP contribution in [0.4, 0.5) is 0 Å². The van der Waals surface area contributed by atoms with E-state index in [1.54, 1.807) is 6.20 Å². The second-order valence-corrected chi connectivity index (χ2v) is 2.54. The van der Waals surface area contributed by atoms with Crippen LogP contribution in [0.1, 0.15) is 13.8 Å². The Morgan fingerprint density at radius 1 is 1.36 bits per heavy atom. The number of hydrogen-bond donors (Lipinski definition) is 0. The van der Waals surface area contributed by atoms with E-state index in [1.165, 1.54) is 0 Å². The molecule has 0 aliphatic heterocycles. The first-order chi connectivity index (χ1) is 5.29. The molecular formula is C9H10ClN. The maximum atomic E-state index is 5.85. The third-order valence-electron chi connectivity index (χ3n) is 1.57. The molecule has 0 saturated heterocycles. The minimum atomic E-state index is 0.572. The second-order valence-electron chi connectivity index (χ2n) is 2.18. The van der Waals surface area contributed by atoms with Crippen molar-refractivity contribution in [2.24, 2.45) is 0 Å². The van der Waals surface area contributed by atoms with Crippen molar-refractivity contribution in [1.29, 1.82) is 0 Å². The van der Waals surface area contributed by atoms with Crippen molar-refractivity contribution in [1.82, 2.24) is 4.98 Å². The zero-order valence-electron chi connectivity index (χ0n) is 6.63. The van der Waals surface area contributed by atoms with Crippen LogP contribution in [0, 0.1) is 0 Å². The zero-order valence-corrected chi connectivity index (χ0v) is 7.39. The number of aromatic nitrogens is 1. The van der Waals surface area contributed by atoms with Crippen molar-refractivity contribution in [2.75, 3.05) is 0 Å². The third-order valence-corrected chi connectivity index (χ3v) is 1.88. The van der Waals surface area contributed by atoms with Crippen LogP contribution in [-0.2, 0) is 0 Å². The lowest BCUT2D eigenvalue weighted by molar-refractivity contribution is 1.27. The smallest absolute Gasteiger partial charge is 0.136 e. The van der Waals surface area contributed by atoms with Gasteiger partial charge in [-0.25, -0.2) is 4.98 Å². The highest BCUT2D eigenvalue weighted by Gasteiger charge is 1.89. The van der Waals surface area contributed by atoms with Gasteiger partial charge in [0.2, 0.25) is 0 Å². The number of nitrogens with zero attached hydrogens (tertiary/aromatic N) is 1. The van der Waals surface area contributed by atoms with Crippen LogP contribution in [0.15, 0.2) is 12.3 Å². The molecule has 0 spiro atoms. The van der Waals surface area contributed by atoms with Gasteiger partial charge in [-0.05, 0) is 25.1 Å². The van der Waals surface area contributed by atoms with E-state index in [1.807, 2.05) is 32.1 Å². The van der Waals surface area contributed by atoms with Crippen molar-refractivity contribution in [3.63, 3.8) is 0 Å². The molecule has 58 valence electrons. The highest BCUT2D eigenvalue weighted by molar-refractivity contribution is 6.29. The minimum Gasteiger partial charge on any atom is -0.244 e. The highest BCUT2D eigenvalue weighted by Crippen LogP contribution is 1.89. The molecule has 11 heavy (non-hydrogen) atoms. The summed E-state index contributed by atoms with van der Waals surface area (Å²) in [6, 6.07) is 1.95. The average molecular weight is 168 g/mol. The quantitative estimate of drug-likeness (QED) is 0.532. The Morgan fingerprint density at radius 2 is 2.09 bits per heavy atom. The molecule has 1 aromatic heterocycles. The Labute approximate surface area is 71.0 Å². The van der Waals surface area contributed by atoms with Crippen molar-refractivity contribution < 1.29 is 0 Å². The normalized spacial score (nSPS) is 14.1. The van der Waals surface area contributed by atoms with Crippen LogP contribution in [0.5, 0.6) is 0 Å². The molecule has 0 unspecified atom stereocenters. The monoisotopic (exact) mass is 167 g/mol. The molecule has 0 bridgehead atoms. The lowest BCUT2D eigenvalue weighted by atomic mass is 10.3. The van der Waals surface area contributed by atoms with Gasteiger partial charge in [0, 0.05) is 11.4 Å². The van der Waals surface area contributed by atoms with Crippen molar-refractivity contribution in [3.05, 3.63) is 27.9 Å². The first-order valence-corrected chi connectivity index (χ1v) is 3.90. The topological polar surface area (TPSA) is 12.9 Å². The van der Waals surface area contributed by atoms with Crippen LogP contribution in [-0.4, -0.2) is 4.98 Å². The molecule has 1 rings (SSSR count). The van der Waals surface area contributed by atoms with Crippen LogP contribution >= 0.6 is 11.6 Å². The van der Waals surface area contributed by atoms with E-state index in [0.717, 1.165) is 10.4 Å². The number of rotatable bonds is 0. The Bertz CT molecular complexity index is 354. The lowest BCUT2D eigenvalue weighted by Crippen LogP contribution is -2.25. The summed E-state index contributed by atoms with van der Waals surface area (Å²) >= 11 is 5.85. The van der Waals surface area contributed by atoms with Crippen molar-refractivity contribution >= 4 is 23.8 Å². The molecule has 1 heterocycles. The van der Waals surface area contributed by atoms with Crippen LogP contribution < -0.4 is 10.4 Å². The molecule has 0 radical (unpaired) electrons. The van der Waals surface area contributed by atoms with Gasteiger partial charge in [-0.2, -0.15) is 0 Å². The SMILES string of the molecule is C/C=c1/ccnc(Cl)/c1=C/C. The summed E-state index contributed by atoms with van der Waals surface area (Å²) in [5, 5.41) is 2.72. The summed E-state index contributed by atoms with van der Waals surface area (Å²) in [7, 11) is 0. The molecule has 0 atom stereocenters. The molecular weight excluding hydrogens is 158 g/mol. The van der Waals surface area contributed by atoms with E-state index >= 15 is 0 Å². The van der Waals surface area contributed by atoms with Gasteiger partial charge in [-0.15, -0.1) is 0 Å². The van der Waals surface area contributed by atoms with E-state index in [-0.39, 0.29) is 0 Å². The van der Waals surface area contributed by atoms with E-state index in [9.17, 15) is 0 Å². The van der Waals surface area contributed by atoms with Crippen molar-refractivity contribution in [2.45, 2.75) is 13.8 Å². The predicted molar refractivity (Wildman–Crippen MR) is 48.8 cm³/mol. The molecule has 0 aliphatic carbocycles. The molecule has 0 fully saturated rings. The maximum Gasteiger partial charge on any atom is 0.136 e. The van der Waals surface area contributed by atoms with Gasteiger partial charge in [0.25, 0.3) is 0 Å². The molecule has 0 aromatic carbocycles. The van der Waals surface area contributed by atoms with Crippen LogP contribution in [0.25, 0.3) is 12.2 Å². The third kappa shape index (κ3) is 1.60. The maximum absolute atomic E-state index is 5.85. The fraction of sp³-hybridized carbons (Fsp3) is 0.222. The Hall–Kier alpha value is -0.820. The predicted octanol–water partition coefficient (Wildman–Crippen LogP) is 1.34. The Morgan fingerprint density at radius 3 is 2.55 bits per heavy atom. The first kappa shape index (κ1) is 8.28. The van der Waals surface area contributed by atoms with Gasteiger partial charge >= 0.3 is 0 Å².